The molecule has 1 N–H and O–H groups in total. The molecule has 0 saturated carbocycles. The molecular formula is C15H25N3S. The van der Waals surface area contributed by atoms with Gasteiger partial charge in [-0.15, -0.1) is 0 Å². The summed E-state index contributed by atoms with van der Waals surface area (Å²) in [4.78, 5) is 9.24. The molecule has 0 fully saturated rings. The van der Waals surface area contributed by atoms with Crippen LogP contribution in [0, 0.1) is 5.92 Å². The van der Waals surface area contributed by atoms with Gasteiger partial charge in [0, 0.05) is 11.9 Å². The first kappa shape index (κ1) is 14.8. The van der Waals surface area contributed by atoms with Crippen molar-refractivity contribution in [2.75, 3.05) is 18.8 Å². The van der Waals surface area contributed by atoms with Crippen LogP contribution in [0.3, 0.4) is 0 Å². The molecule has 1 atom stereocenters. The summed E-state index contributed by atoms with van der Waals surface area (Å²) in [7, 11) is 0. The Hall–Kier alpha value is -0.610. The van der Waals surface area contributed by atoms with Gasteiger partial charge in [0.05, 0.1) is 5.75 Å². The van der Waals surface area contributed by atoms with Gasteiger partial charge in [-0.3, -0.25) is 0 Å². The van der Waals surface area contributed by atoms with Crippen LogP contribution in [0.1, 0.15) is 43.8 Å². The van der Waals surface area contributed by atoms with E-state index in [1.165, 1.54) is 24.1 Å². The smallest absolute Gasteiger partial charge is 0.138 e. The van der Waals surface area contributed by atoms with E-state index in [4.69, 9.17) is 4.98 Å². The fourth-order valence-electron chi connectivity index (χ4n) is 2.54. The van der Waals surface area contributed by atoms with Crippen LogP contribution in [0.4, 0.5) is 0 Å². The molecule has 0 aromatic carbocycles. The van der Waals surface area contributed by atoms with Gasteiger partial charge in [-0.2, -0.15) is 11.8 Å². The van der Waals surface area contributed by atoms with Gasteiger partial charge in [-0.05, 0) is 56.0 Å². The first-order chi connectivity index (χ1) is 9.33. The quantitative estimate of drug-likeness (QED) is 0.779. The van der Waals surface area contributed by atoms with Gasteiger partial charge >= 0.3 is 0 Å². The molecule has 0 amide bonds. The Labute approximate surface area is 121 Å². The molecule has 19 heavy (non-hydrogen) atoms. The lowest BCUT2D eigenvalue weighted by molar-refractivity contribution is 0.419. The molecular weight excluding hydrogens is 254 g/mol. The van der Waals surface area contributed by atoms with Crippen LogP contribution < -0.4 is 5.32 Å². The topological polar surface area (TPSA) is 37.8 Å². The van der Waals surface area contributed by atoms with Gasteiger partial charge < -0.3 is 5.32 Å². The molecule has 0 radical (unpaired) electrons. The molecule has 1 aromatic heterocycles. The van der Waals surface area contributed by atoms with Gasteiger partial charge in [0.25, 0.3) is 0 Å². The highest BCUT2D eigenvalue weighted by atomic mass is 32.2. The number of aromatic nitrogens is 2. The average Bonchev–Trinajstić information content (AvgIpc) is 2.45. The Balaban J connectivity index is 1.90. The maximum Gasteiger partial charge on any atom is 0.138 e. The molecule has 106 valence electrons. The lowest BCUT2D eigenvalue weighted by Gasteiger charge is -2.24. The highest BCUT2D eigenvalue weighted by Gasteiger charge is 2.20. The second-order valence-corrected chi connectivity index (χ2v) is 6.48. The van der Waals surface area contributed by atoms with Crippen LogP contribution in [-0.2, 0) is 18.6 Å². The molecule has 2 rings (SSSR count). The van der Waals surface area contributed by atoms with Crippen LogP contribution in [-0.4, -0.2) is 28.8 Å². The van der Waals surface area contributed by atoms with Crippen molar-refractivity contribution in [1.29, 1.82) is 0 Å². The van der Waals surface area contributed by atoms with Crippen LogP contribution in [0.25, 0.3) is 0 Å². The van der Waals surface area contributed by atoms with Gasteiger partial charge in [-0.25, -0.2) is 9.97 Å². The molecule has 1 aliphatic carbocycles. The SMILES string of the molecule is CCCNCC1CCc2nc(CSCC)ncc2C1. The predicted molar refractivity (Wildman–Crippen MR) is 82.5 cm³/mol. The number of hydrogen-bond acceptors (Lipinski definition) is 4. The van der Waals surface area contributed by atoms with Gasteiger partial charge in [0.15, 0.2) is 0 Å². The number of thioether (sulfide) groups is 1. The largest absolute Gasteiger partial charge is 0.316 e. The standard InChI is InChI=1S/C15H25N3S/c1-3-7-16-9-12-5-6-14-13(8-12)10-17-15(18-14)11-19-4-2/h10,12,16H,3-9,11H2,1-2H3. The van der Waals surface area contributed by atoms with Gasteiger partial charge in [0.2, 0.25) is 0 Å². The second kappa shape index (κ2) is 7.85. The normalized spacial score (nSPS) is 18.3. The fraction of sp³-hybridized carbons (Fsp3) is 0.733. The summed E-state index contributed by atoms with van der Waals surface area (Å²) < 4.78 is 0. The number of nitrogens with zero attached hydrogens (tertiary/aromatic N) is 2. The maximum absolute atomic E-state index is 4.73. The molecule has 3 nitrogen and oxygen atoms in total. The summed E-state index contributed by atoms with van der Waals surface area (Å²) in [6.07, 6.45) is 6.82. The predicted octanol–water partition coefficient (Wildman–Crippen LogP) is 2.83. The Bertz CT molecular complexity index is 395. The van der Waals surface area contributed by atoms with Crippen molar-refractivity contribution in [2.24, 2.45) is 5.92 Å². The molecule has 1 heterocycles. The lowest BCUT2D eigenvalue weighted by Crippen LogP contribution is -2.28. The number of hydrogen-bond donors (Lipinski definition) is 1. The van der Waals surface area contributed by atoms with E-state index in [1.807, 2.05) is 11.8 Å². The molecule has 4 heteroatoms. The number of fused-ring (bicyclic) bond motifs is 1. The molecule has 0 aliphatic heterocycles. The number of nitrogens with one attached hydrogen (secondary N) is 1. The van der Waals surface area contributed by atoms with Crippen molar-refractivity contribution in [3.05, 3.63) is 23.3 Å². The lowest BCUT2D eigenvalue weighted by atomic mass is 9.87. The van der Waals surface area contributed by atoms with Crippen LogP contribution in [0.15, 0.2) is 6.20 Å². The Morgan fingerprint density at radius 2 is 2.32 bits per heavy atom. The maximum atomic E-state index is 4.73. The third kappa shape index (κ3) is 4.46. The first-order valence-electron chi connectivity index (χ1n) is 7.45. The van der Waals surface area contributed by atoms with E-state index >= 15 is 0 Å². The van der Waals surface area contributed by atoms with Crippen LogP contribution in [0.5, 0.6) is 0 Å². The minimum atomic E-state index is 0.763. The molecule has 0 spiro atoms. The highest BCUT2D eigenvalue weighted by Crippen LogP contribution is 2.24. The van der Waals surface area contributed by atoms with Crippen molar-refractivity contribution >= 4 is 11.8 Å². The summed E-state index contributed by atoms with van der Waals surface area (Å²) in [5.74, 6) is 3.85. The zero-order chi connectivity index (χ0) is 13.5. The molecule has 1 aliphatic rings. The van der Waals surface area contributed by atoms with E-state index in [0.29, 0.717) is 0 Å². The van der Waals surface area contributed by atoms with E-state index in [1.54, 1.807) is 0 Å². The molecule has 1 aromatic rings. The van der Waals surface area contributed by atoms with Gasteiger partial charge in [0.1, 0.15) is 5.82 Å². The summed E-state index contributed by atoms with van der Waals surface area (Å²) in [6.45, 7) is 6.66. The van der Waals surface area contributed by atoms with Crippen molar-refractivity contribution in [3.63, 3.8) is 0 Å². The molecule has 1 unspecified atom stereocenters. The van der Waals surface area contributed by atoms with Crippen LogP contribution in [0.2, 0.25) is 0 Å². The summed E-state index contributed by atoms with van der Waals surface area (Å²) in [5.41, 5.74) is 2.67. The van der Waals surface area contributed by atoms with Gasteiger partial charge in [-0.1, -0.05) is 13.8 Å². The van der Waals surface area contributed by atoms with E-state index in [0.717, 1.165) is 49.2 Å². The van der Waals surface area contributed by atoms with Crippen LogP contribution >= 0.6 is 11.8 Å². The first-order valence-corrected chi connectivity index (χ1v) is 8.61. The van der Waals surface area contributed by atoms with Crippen molar-refractivity contribution < 1.29 is 0 Å². The minimum absolute atomic E-state index is 0.763. The number of rotatable bonds is 7. The zero-order valence-corrected chi connectivity index (χ0v) is 12.9. The summed E-state index contributed by atoms with van der Waals surface area (Å²) in [6, 6.07) is 0. The zero-order valence-electron chi connectivity index (χ0n) is 12.1. The fourth-order valence-corrected chi connectivity index (χ4v) is 3.07. The number of aryl methyl sites for hydroxylation is 1. The van der Waals surface area contributed by atoms with E-state index in [9.17, 15) is 0 Å². The average molecular weight is 279 g/mol. The van der Waals surface area contributed by atoms with E-state index in [2.05, 4.69) is 30.3 Å². The third-order valence-corrected chi connectivity index (χ3v) is 4.47. The monoisotopic (exact) mass is 279 g/mol. The van der Waals surface area contributed by atoms with Crippen molar-refractivity contribution in [2.45, 2.75) is 45.3 Å². The Morgan fingerprint density at radius 1 is 1.42 bits per heavy atom. The minimum Gasteiger partial charge on any atom is -0.316 e. The Morgan fingerprint density at radius 3 is 3.11 bits per heavy atom. The molecule has 0 saturated heterocycles. The summed E-state index contributed by atoms with van der Waals surface area (Å²) in [5, 5.41) is 3.53. The van der Waals surface area contributed by atoms with Crippen molar-refractivity contribution in [3.8, 4) is 0 Å². The molecule has 0 bridgehead atoms. The van der Waals surface area contributed by atoms with Crippen molar-refractivity contribution in [1.82, 2.24) is 15.3 Å². The Kier molecular flexibility index (Phi) is 6.11. The van der Waals surface area contributed by atoms with E-state index < -0.39 is 0 Å². The highest BCUT2D eigenvalue weighted by molar-refractivity contribution is 7.98. The summed E-state index contributed by atoms with van der Waals surface area (Å²) >= 11 is 1.89. The third-order valence-electron chi connectivity index (χ3n) is 3.60. The second-order valence-electron chi connectivity index (χ2n) is 5.21. The van der Waals surface area contributed by atoms with E-state index in [-0.39, 0.29) is 0 Å².